The van der Waals surface area contributed by atoms with Gasteiger partial charge in [-0.1, -0.05) is 24.3 Å². The summed E-state index contributed by atoms with van der Waals surface area (Å²) < 4.78 is 0. The summed E-state index contributed by atoms with van der Waals surface area (Å²) in [4.78, 5) is 19.0. The summed E-state index contributed by atoms with van der Waals surface area (Å²) in [6.45, 7) is 3.87. The lowest BCUT2D eigenvalue weighted by molar-refractivity contribution is 0.191. The Balaban J connectivity index is 0.00000150. The number of rotatable bonds is 3. The minimum absolute atomic E-state index is 0. The lowest BCUT2D eigenvalue weighted by Crippen LogP contribution is -2.40. The average molecular weight is 435 g/mol. The molecule has 2 amide bonds. The van der Waals surface area contributed by atoms with Crippen molar-refractivity contribution < 1.29 is 4.79 Å². The van der Waals surface area contributed by atoms with E-state index in [2.05, 4.69) is 15.6 Å². The van der Waals surface area contributed by atoms with E-state index < -0.39 is 0 Å². The molecule has 0 atom stereocenters. The number of pyridine rings is 1. The van der Waals surface area contributed by atoms with E-state index in [9.17, 15) is 4.79 Å². The van der Waals surface area contributed by atoms with Gasteiger partial charge in [-0.15, -0.1) is 24.8 Å². The number of nitrogens with zero attached hydrogens (tertiary/aromatic N) is 2. The summed E-state index contributed by atoms with van der Waals surface area (Å²) in [7, 11) is 0. The smallest absolute Gasteiger partial charge is 0.321 e. The molecule has 0 saturated carbocycles. The molecule has 2 N–H and O–H groups in total. The number of carbonyl (C=O) groups is 1. The first-order chi connectivity index (χ1) is 13.2. The predicted molar refractivity (Wildman–Crippen MR) is 124 cm³/mol. The molecule has 1 aromatic carbocycles. The lowest BCUT2D eigenvalue weighted by atomic mass is 9.78. The molecule has 2 aliphatic heterocycles. The molecule has 29 heavy (non-hydrogen) atoms. The number of benzene rings is 1. The Labute approximate surface area is 184 Å². The molecule has 5 nitrogen and oxygen atoms in total. The average Bonchev–Trinajstić information content (AvgIpc) is 3.11. The maximum Gasteiger partial charge on any atom is 0.321 e. The monoisotopic (exact) mass is 434 g/mol. The fraction of sp³-hybridized carbons (Fsp3) is 0.364. The molecule has 0 bridgehead atoms. The van der Waals surface area contributed by atoms with Crippen molar-refractivity contribution in [1.82, 2.24) is 15.2 Å². The number of carbonyl (C=O) groups excluding carboxylic acids is 1. The molecule has 2 saturated heterocycles. The van der Waals surface area contributed by atoms with Crippen molar-refractivity contribution in [3.63, 3.8) is 0 Å². The normalized spacial score (nSPS) is 17.6. The van der Waals surface area contributed by atoms with Crippen molar-refractivity contribution in [2.24, 2.45) is 5.41 Å². The fourth-order valence-corrected chi connectivity index (χ4v) is 4.05. The Morgan fingerprint density at radius 1 is 1.07 bits per heavy atom. The van der Waals surface area contributed by atoms with Gasteiger partial charge in [0.25, 0.3) is 0 Å². The molecule has 3 heterocycles. The number of amides is 2. The largest absolute Gasteiger partial charge is 0.324 e. The lowest BCUT2D eigenvalue weighted by Gasteiger charge is -2.33. The molecule has 2 aromatic rings. The van der Waals surface area contributed by atoms with Gasteiger partial charge in [0.15, 0.2) is 0 Å². The first-order valence-corrected chi connectivity index (χ1v) is 9.68. The van der Waals surface area contributed by atoms with E-state index in [1.54, 1.807) is 6.20 Å². The van der Waals surface area contributed by atoms with Crippen LogP contribution >= 0.6 is 24.8 Å². The minimum atomic E-state index is 0. The fourth-order valence-electron chi connectivity index (χ4n) is 4.05. The first-order valence-electron chi connectivity index (χ1n) is 9.68. The zero-order valence-corrected chi connectivity index (χ0v) is 18.0. The zero-order valence-electron chi connectivity index (χ0n) is 16.3. The van der Waals surface area contributed by atoms with Gasteiger partial charge < -0.3 is 15.5 Å². The van der Waals surface area contributed by atoms with Gasteiger partial charge in [-0.2, -0.15) is 0 Å². The molecule has 1 aromatic heterocycles. The number of piperidine rings is 1. The highest BCUT2D eigenvalue weighted by molar-refractivity contribution is 5.90. The Bertz CT molecular complexity index is 823. The van der Waals surface area contributed by atoms with E-state index in [4.69, 9.17) is 0 Å². The predicted octanol–water partition coefficient (Wildman–Crippen LogP) is 4.70. The third-order valence-corrected chi connectivity index (χ3v) is 5.66. The van der Waals surface area contributed by atoms with Crippen LogP contribution in [0.1, 0.15) is 30.5 Å². The maximum atomic E-state index is 12.7. The highest BCUT2D eigenvalue weighted by Crippen LogP contribution is 2.38. The van der Waals surface area contributed by atoms with Crippen molar-refractivity contribution in [2.45, 2.75) is 19.3 Å². The number of likely N-dealkylation sites (tertiary alicyclic amines) is 1. The molecular formula is C22H28Cl2N4O. The van der Waals surface area contributed by atoms with E-state index in [1.807, 2.05) is 59.5 Å². The molecule has 156 valence electrons. The van der Waals surface area contributed by atoms with Crippen LogP contribution in [0.25, 0.3) is 12.2 Å². The summed E-state index contributed by atoms with van der Waals surface area (Å²) in [5.41, 5.74) is 3.11. The summed E-state index contributed by atoms with van der Waals surface area (Å²) >= 11 is 0. The van der Waals surface area contributed by atoms with Gasteiger partial charge in [-0.3, -0.25) is 4.98 Å². The van der Waals surface area contributed by atoms with Crippen LogP contribution in [0.3, 0.4) is 0 Å². The first kappa shape index (κ1) is 23.2. The number of hydrogen-bond acceptors (Lipinski definition) is 3. The van der Waals surface area contributed by atoms with Gasteiger partial charge in [-0.25, -0.2) is 4.79 Å². The van der Waals surface area contributed by atoms with Crippen LogP contribution in [-0.2, 0) is 0 Å². The molecule has 0 aliphatic carbocycles. The number of halogens is 2. The van der Waals surface area contributed by atoms with Crippen molar-refractivity contribution in [2.75, 3.05) is 31.5 Å². The summed E-state index contributed by atoms with van der Waals surface area (Å²) in [6.07, 6.45) is 9.23. The van der Waals surface area contributed by atoms with E-state index in [1.165, 1.54) is 12.8 Å². The quantitative estimate of drug-likeness (QED) is 0.735. The Kier molecular flexibility index (Phi) is 8.50. The van der Waals surface area contributed by atoms with Crippen LogP contribution in [-0.4, -0.2) is 42.1 Å². The second-order valence-corrected chi connectivity index (χ2v) is 7.57. The molecule has 7 heteroatoms. The second-order valence-electron chi connectivity index (χ2n) is 7.57. The van der Waals surface area contributed by atoms with Crippen LogP contribution in [0, 0.1) is 5.41 Å². The van der Waals surface area contributed by atoms with Crippen molar-refractivity contribution in [3.8, 4) is 0 Å². The van der Waals surface area contributed by atoms with E-state index in [0.717, 1.165) is 49.5 Å². The van der Waals surface area contributed by atoms with Gasteiger partial charge in [-0.05, 0) is 73.7 Å². The number of urea groups is 1. The highest BCUT2D eigenvalue weighted by atomic mass is 35.5. The van der Waals surface area contributed by atoms with Crippen molar-refractivity contribution in [3.05, 3.63) is 59.9 Å². The highest BCUT2D eigenvalue weighted by Gasteiger charge is 2.40. The summed E-state index contributed by atoms with van der Waals surface area (Å²) in [6, 6.07) is 13.8. The second kappa shape index (κ2) is 10.6. The topological polar surface area (TPSA) is 57.3 Å². The number of anilines is 1. The number of hydrogen-bond donors (Lipinski definition) is 2. The summed E-state index contributed by atoms with van der Waals surface area (Å²) in [5.74, 6) is 0. The van der Waals surface area contributed by atoms with Crippen LogP contribution in [0.2, 0.25) is 0 Å². The number of aromatic nitrogens is 1. The van der Waals surface area contributed by atoms with Crippen LogP contribution in [0.5, 0.6) is 0 Å². The third kappa shape index (κ3) is 5.95. The Hall–Kier alpha value is -2.08. The van der Waals surface area contributed by atoms with E-state index in [0.29, 0.717) is 5.41 Å². The molecular weight excluding hydrogens is 407 g/mol. The van der Waals surface area contributed by atoms with E-state index >= 15 is 0 Å². The van der Waals surface area contributed by atoms with Crippen LogP contribution < -0.4 is 10.6 Å². The Morgan fingerprint density at radius 3 is 2.66 bits per heavy atom. The van der Waals surface area contributed by atoms with E-state index in [-0.39, 0.29) is 30.8 Å². The Morgan fingerprint density at radius 2 is 1.90 bits per heavy atom. The molecule has 1 spiro atoms. The molecule has 2 fully saturated rings. The molecule has 2 aliphatic rings. The maximum absolute atomic E-state index is 12.7. The number of nitrogens with one attached hydrogen (secondary N) is 2. The summed E-state index contributed by atoms with van der Waals surface area (Å²) in [5, 5.41) is 6.49. The van der Waals surface area contributed by atoms with Gasteiger partial charge in [0.1, 0.15) is 0 Å². The standard InChI is InChI=1S/C22H26N4O.2ClH/c27-21(26-15-11-22(17-26)9-13-23-14-10-22)25-20-6-3-4-18(16-20)7-8-19-5-1-2-12-24-19;;/h1-8,12,16,23H,9-11,13-15,17H2,(H,25,27);2*1H/b8-7+;;. The molecule has 0 radical (unpaired) electrons. The molecule has 4 rings (SSSR count). The zero-order chi connectivity index (χ0) is 18.5. The van der Waals surface area contributed by atoms with Gasteiger partial charge in [0, 0.05) is 25.0 Å². The van der Waals surface area contributed by atoms with Gasteiger partial charge >= 0.3 is 6.03 Å². The van der Waals surface area contributed by atoms with Gasteiger partial charge in [0.05, 0.1) is 5.69 Å². The van der Waals surface area contributed by atoms with Crippen molar-refractivity contribution >= 4 is 48.7 Å². The van der Waals surface area contributed by atoms with Gasteiger partial charge in [0.2, 0.25) is 0 Å². The molecule has 0 unspecified atom stereocenters. The van der Waals surface area contributed by atoms with Crippen LogP contribution in [0.15, 0.2) is 48.7 Å². The van der Waals surface area contributed by atoms with Crippen LogP contribution in [0.4, 0.5) is 10.5 Å². The third-order valence-electron chi connectivity index (χ3n) is 5.66. The SMILES string of the molecule is Cl.Cl.O=C(Nc1cccc(/C=C/c2ccccn2)c1)N1CCC2(CCNCC2)C1. The minimum Gasteiger partial charge on any atom is -0.324 e. The van der Waals surface area contributed by atoms with Crippen molar-refractivity contribution in [1.29, 1.82) is 0 Å².